The second-order valence-corrected chi connectivity index (χ2v) is 16.0. The number of carbonyl (C=O) groups is 4. The monoisotopic (exact) mass is 820 g/mol. The van der Waals surface area contributed by atoms with Crippen molar-refractivity contribution in [2.45, 2.75) is 109 Å². The highest BCUT2D eigenvalue weighted by atomic mass is 16.5. The van der Waals surface area contributed by atoms with Gasteiger partial charge in [0.15, 0.2) is 0 Å². The van der Waals surface area contributed by atoms with Gasteiger partial charge in [-0.25, -0.2) is 19.6 Å². The molecule has 3 aromatic carbocycles. The molecule has 0 bridgehead atoms. The minimum atomic E-state index is -0.933. The molecule has 0 radical (unpaired) electrons. The summed E-state index contributed by atoms with van der Waals surface area (Å²) in [5, 5.41) is 7.24. The van der Waals surface area contributed by atoms with Gasteiger partial charge in [0.05, 0.1) is 55.3 Å². The number of imidazole rings is 2. The third-order valence-electron chi connectivity index (χ3n) is 12.5. The Balaban J connectivity index is 1.05. The lowest BCUT2D eigenvalue weighted by Gasteiger charge is -2.33. The molecule has 1 unspecified atom stereocenters. The zero-order chi connectivity index (χ0) is 42.4. The van der Waals surface area contributed by atoms with E-state index in [2.05, 4.69) is 63.9 Å². The van der Waals surface area contributed by atoms with Crippen molar-refractivity contribution >= 4 is 45.8 Å². The van der Waals surface area contributed by atoms with Crippen LogP contribution in [0, 0.1) is 0 Å². The predicted molar refractivity (Wildman–Crippen MR) is 223 cm³/mol. The van der Waals surface area contributed by atoms with Crippen molar-refractivity contribution in [3.63, 3.8) is 0 Å². The first kappa shape index (κ1) is 40.6. The topological polar surface area (TPSA) is 193 Å². The lowest BCUT2D eigenvalue weighted by molar-refractivity contribution is -0.139. The molecule has 2 saturated heterocycles. The maximum absolute atomic E-state index is 14.0. The number of rotatable bonds is 10. The van der Waals surface area contributed by atoms with Gasteiger partial charge in [-0.3, -0.25) is 9.59 Å². The molecule has 5 heterocycles. The van der Waals surface area contributed by atoms with Crippen LogP contribution in [-0.2, 0) is 30.4 Å². The Hall–Kier alpha value is -6.16. The number of fused-ring (bicyclic) bond motifs is 6. The van der Waals surface area contributed by atoms with Crippen LogP contribution >= 0.6 is 0 Å². The SMILES string of the molecule is CC[C@H]1CC[C@@H](c2ncc(-c3ccc4c(c3)COc3cc5c(ccc6nc(C7CC[C@H](C)N7C(=O)[C@@H](NC(=O)OC)[C@@H](C)OC)[nH]c65)cc3-4)[nH]2)N1C(=O)[C@H](C)NC(=O)OC. The number of aromatic amines is 2. The number of likely N-dealkylation sites (tertiary alicyclic amines) is 2. The number of methoxy groups -OCH3 is 3. The number of ether oxygens (including phenoxy) is 4. The molecule has 3 aliphatic rings. The van der Waals surface area contributed by atoms with Gasteiger partial charge >= 0.3 is 12.2 Å². The first-order chi connectivity index (χ1) is 28.9. The van der Waals surface area contributed by atoms with E-state index in [1.165, 1.54) is 21.3 Å². The Morgan fingerprint density at radius 1 is 0.867 bits per heavy atom. The summed E-state index contributed by atoms with van der Waals surface area (Å²) in [6.07, 6.45) is 3.77. The number of nitrogens with one attached hydrogen (secondary N) is 4. The molecule has 0 spiro atoms. The van der Waals surface area contributed by atoms with Gasteiger partial charge in [-0.2, -0.15) is 0 Å². The van der Waals surface area contributed by atoms with Gasteiger partial charge < -0.3 is 49.3 Å². The predicted octanol–water partition coefficient (Wildman–Crippen LogP) is 6.66. The Labute approximate surface area is 347 Å². The quantitative estimate of drug-likeness (QED) is 0.118. The Kier molecular flexibility index (Phi) is 11.2. The molecule has 8 rings (SSSR count). The third kappa shape index (κ3) is 7.26. The van der Waals surface area contributed by atoms with Crippen LogP contribution in [-0.4, -0.2) is 105 Å². The number of carbonyl (C=O) groups excluding carboxylic acids is 4. The van der Waals surface area contributed by atoms with E-state index < -0.39 is 30.4 Å². The highest BCUT2D eigenvalue weighted by Gasteiger charge is 2.43. The molecule has 3 aliphatic heterocycles. The van der Waals surface area contributed by atoms with Crippen LogP contribution in [0.3, 0.4) is 0 Å². The van der Waals surface area contributed by atoms with Crippen molar-refractivity contribution < 1.29 is 38.1 Å². The summed E-state index contributed by atoms with van der Waals surface area (Å²) >= 11 is 0. The number of H-pyrrole nitrogens is 2. The molecule has 4 amide bonds. The average Bonchev–Trinajstić information content (AvgIpc) is 4.09. The maximum Gasteiger partial charge on any atom is 0.407 e. The standard InChI is InChI=1S/C44H52N8O8/c1-8-28-12-16-34(52(28)41(53)23(3)46-43(55)58-6)39-45-20-33(48-39)26-10-13-29-27(17-26)21-60-36-19-30-25(18-31(29)36)11-14-32-38(30)49-40(47-32)35-15-9-22(2)51(35)42(54)37(24(4)57-5)50-44(56)59-7/h10-11,13-14,17-20,22-24,28,34-35,37H,8-9,12,15-16,21H2,1-7H3,(H,45,48)(H,46,55)(H,47,49)(H,50,56)/t22-,23-,24+,28-,34-,35?,37-/m0/s1. The number of hydrogen-bond donors (Lipinski definition) is 4. The Morgan fingerprint density at radius 2 is 1.62 bits per heavy atom. The highest BCUT2D eigenvalue weighted by molar-refractivity contribution is 6.07. The third-order valence-corrected chi connectivity index (χ3v) is 12.5. The fourth-order valence-electron chi connectivity index (χ4n) is 9.18. The van der Waals surface area contributed by atoms with Gasteiger partial charge in [0, 0.05) is 30.1 Å². The van der Waals surface area contributed by atoms with E-state index >= 15 is 0 Å². The molecule has 60 heavy (non-hydrogen) atoms. The molecule has 4 N–H and O–H groups in total. The lowest BCUT2D eigenvalue weighted by Crippen LogP contribution is -2.55. The van der Waals surface area contributed by atoms with Gasteiger partial charge in [0.25, 0.3) is 0 Å². The van der Waals surface area contributed by atoms with Crippen molar-refractivity contribution in [3.05, 3.63) is 65.9 Å². The summed E-state index contributed by atoms with van der Waals surface area (Å²) in [4.78, 5) is 72.1. The fraction of sp³-hybridized carbons (Fsp3) is 0.455. The van der Waals surface area contributed by atoms with E-state index in [1.807, 2.05) is 24.1 Å². The second kappa shape index (κ2) is 16.5. The number of benzene rings is 3. The normalized spacial score (nSPS) is 21.2. The molecule has 0 saturated carbocycles. The van der Waals surface area contributed by atoms with Crippen LogP contribution in [0.25, 0.3) is 44.2 Å². The first-order valence-corrected chi connectivity index (χ1v) is 20.6. The van der Waals surface area contributed by atoms with Crippen LogP contribution in [0.4, 0.5) is 9.59 Å². The van der Waals surface area contributed by atoms with Crippen molar-refractivity contribution in [2.75, 3.05) is 21.3 Å². The summed E-state index contributed by atoms with van der Waals surface area (Å²) in [7, 11) is 4.04. The number of hydrogen-bond acceptors (Lipinski definition) is 10. The summed E-state index contributed by atoms with van der Waals surface area (Å²) < 4.78 is 21.4. The van der Waals surface area contributed by atoms with Crippen molar-refractivity contribution in [1.29, 1.82) is 0 Å². The number of aromatic nitrogens is 4. The van der Waals surface area contributed by atoms with E-state index in [9.17, 15) is 19.2 Å². The smallest absolute Gasteiger partial charge is 0.407 e. The van der Waals surface area contributed by atoms with Crippen molar-refractivity contribution in [1.82, 2.24) is 40.4 Å². The van der Waals surface area contributed by atoms with Gasteiger partial charge in [-0.05, 0) is 99.2 Å². The zero-order valence-electron chi connectivity index (χ0n) is 35.0. The molecule has 16 nitrogen and oxygen atoms in total. The van der Waals surface area contributed by atoms with Crippen molar-refractivity contribution in [2.24, 2.45) is 0 Å². The van der Waals surface area contributed by atoms with E-state index in [0.717, 1.165) is 81.2 Å². The maximum atomic E-state index is 14.0. The average molecular weight is 821 g/mol. The molecule has 0 aliphatic carbocycles. The Morgan fingerprint density at radius 3 is 2.37 bits per heavy atom. The van der Waals surface area contributed by atoms with Crippen LogP contribution in [0.15, 0.2) is 48.7 Å². The summed E-state index contributed by atoms with van der Waals surface area (Å²) in [5.41, 5.74) is 6.52. The van der Waals surface area contributed by atoms with Gasteiger partial charge in [-0.1, -0.05) is 25.1 Å². The summed E-state index contributed by atoms with van der Waals surface area (Å²) in [5.74, 6) is 1.72. The van der Waals surface area contributed by atoms with Crippen LogP contribution in [0.1, 0.15) is 89.1 Å². The van der Waals surface area contributed by atoms with Crippen LogP contribution in [0.2, 0.25) is 0 Å². The lowest BCUT2D eigenvalue weighted by atomic mass is 9.92. The van der Waals surface area contributed by atoms with E-state index in [1.54, 1.807) is 18.7 Å². The van der Waals surface area contributed by atoms with Gasteiger partial charge in [0.2, 0.25) is 11.8 Å². The summed E-state index contributed by atoms with van der Waals surface area (Å²) in [6.45, 7) is 7.85. The second-order valence-electron chi connectivity index (χ2n) is 16.0. The number of alkyl carbamates (subject to hydrolysis) is 2. The van der Waals surface area contributed by atoms with Crippen LogP contribution in [0.5, 0.6) is 5.75 Å². The molecule has 2 aromatic heterocycles. The van der Waals surface area contributed by atoms with Crippen LogP contribution < -0.4 is 15.4 Å². The molecule has 7 atom stereocenters. The van der Waals surface area contributed by atoms with E-state index in [0.29, 0.717) is 24.7 Å². The zero-order valence-corrected chi connectivity index (χ0v) is 35.0. The molecule has 2 fully saturated rings. The van der Waals surface area contributed by atoms with Crippen molar-refractivity contribution in [3.8, 4) is 28.1 Å². The van der Waals surface area contributed by atoms with Gasteiger partial charge in [0.1, 0.15) is 36.1 Å². The van der Waals surface area contributed by atoms with E-state index in [-0.39, 0.29) is 36.0 Å². The molecule has 16 heteroatoms. The van der Waals surface area contributed by atoms with E-state index in [4.69, 9.17) is 28.9 Å². The summed E-state index contributed by atoms with van der Waals surface area (Å²) in [6, 6.07) is 12.3. The Bertz CT molecular complexity index is 2460. The largest absolute Gasteiger partial charge is 0.488 e. The fourth-order valence-corrected chi connectivity index (χ4v) is 9.18. The molecule has 316 valence electrons. The minimum Gasteiger partial charge on any atom is -0.488 e. The number of nitrogens with zero attached hydrogens (tertiary/aromatic N) is 4. The number of amides is 4. The highest BCUT2D eigenvalue weighted by Crippen LogP contribution is 2.44. The molecular formula is C44H52N8O8. The first-order valence-electron chi connectivity index (χ1n) is 20.6. The molecular weight excluding hydrogens is 769 g/mol. The molecule has 5 aromatic rings. The minimum absolute atomic E-state index is 0.0417. The van der Waals surface area contributed by atoms with Gasteiger partial charge in [-0.15, -0.1) is 0 Å².